The van der Waals surface area contributed by atoms with Crippen LogP contribution in [0.4, 0.5) is 0 Å². The van der Waals surface area contributed by atoms with Crippen molar-refractivity contribution in [3.63, 3.8) is 0 Å². The summed E-state index contributed by atoms with van der Waals surface area (Å²) in [5.41, 5.74) is 0. The van der Waals surface area contributed by atoms with Gasteiger partial charge in [-0.3, -0.25) is 9.11 Å². The van der Waals surface area contributed by atoms with Gasteiger partial charge in [0.05, 0.1) is 0 Å². The average molecular weight is 386 g/mol. The van der Waals surface area contributed by atoms with Crippen LogP contribution in [0.2, 0.25) is 0 Å². The Morgan fingerprint density at radius 1 is 0.708 bits per heavy atom. The molecular weight excluding hydrogens is 351 g/mol. The Hall–Kier alpha value is 0.710. The van der Waals surface area contributed by atoms with Crippen LogP contribution in [0.25, 0.3) is 0 Å². The maximum atomic E-state index is 8.74. The zero-order valence-electron chi connectivity index (χ0n) is 13.9. The van der Waals surface area contributed by atoms with Crippen molar-refractivity contribution in [3.8, 4) is 0 Å². The summed E-state index contributed by atoms with van der Waals surface area (Å²) < 4.78 is 31.6. The van der Waals surface area contributed by atoms with Gasteiger partial charge in [0.2, 0.25) is 0 Å². The van der Waals surface area contributed by atoms with Gasteiger partial charge in [-0.2, -0.15) is 8.42 Å². The van der Waals surface area contributed by atoms with Crippen LogP contribution in [0.5, 0.6) is 0 Å². The monoisotopic (exact) mass is 386 g/mol. The summed E-state index contributed by atoms with van der Waals surface area (Å²) in [6.07, 6.45) is 13.5. The van der Waals surface area contributed by atoms with Crippen molar-refractivity contribution in [1.29, 1.82) is 0 Å². The molecule has 0 aliphatic rings. The minimum atomic E-state index is -4.67. The minimum absolute atomic E-state index is 0. The third-order valence-corrected chi connectivity index (χ3v) is 3.12. The molecule has 0 aromatic carbocycles. The fourth-order valence-corrected chi connectivity index (χ4v) is 2.03. The summed E-state index contributed by atoms with van der Waals surface area (Å²) in [5, 5.41) is 26.0. The molecule has 0 heterocycles. The Kier molecular flexibility index (Phi) is 27.0. The van der Waals surface area contributed by atoms with E-state index in [0.29, 0.717) is 6.42 Å². The molecule has 0 atom stereocenters. The van der Waals surface area contributed by atoms with Crippen LogP contribution < -0.4 is 0 Å². The van der Waals surface area contributed by atoms with Crippen molar-refractivity contribution in [3.05, 3.63) is 0 Å². The van der Waals surface area contributed by atoms with Gasteiger partial charge in [0.25, 0.3) is 5.97 Å². The molecule has 0 fully saturated rings. The Morgan fingerprint density at radius 3 is 1.21 bits per heavy atom. The zero-order valence-corrected chi connectivity index (χ0v) is 14.8. The second-order valence-corrected chi connectivity index (χ2v) is 6.40. The van der Waals surface area contributed by atoms with Crippen molar-refractivity contribution in [2.75, 3.05) is 0 Å². The van der Waals surface area contributed by atoms with Crippen LogP contribution in [0.1, 0.15) is 84.0 Å². The van der Waals surface area contributed by atoms with Crippen LogP contribution >= 0.6 is 0 Å². The Bertz CT molecular complexity index is 322. The van der Waals surface area contributed by atoms with E-state index >= 15 is 0 Å². The van der Waals surface area contributed by atoms with E-state index in [1.54, 1.807) is 0 Å². The van der Waals surface area contributed by atoms with Gasteiger partial charge in [0.1, 0.15) is 0 Å². The molecule has 24 heavy (non-hydrogen) atoms. The predicted molar refractivity (Wildman–Crippen MR) is 95.4 cm³/mol. The zero-order chi connectivity index (χ0) is 17.5. The topological polar surface area (TPSA) is 167 Å². The summed E-state index contributed by atoms with van der Waals surface area (Å²) in [6.45, 7) is 2.24. The van der Waals surface area contributed by atoms with E-state index < -0.39 is 16.4 Å². The molecule has 0 saturated carbocycles. The van der Waals surface area contributed by atoms with E-state index in [1.807, 2.05) is 0 Å². The first-order chi connectivity index (χ1) is 10.1. The summed E-state index contributed by atoms with van der Waals surface area (Å²) in [4.78, 5) is 0. The Labute approximate surface area is 167 Å². The quantitative estimate of drug-likeness (QED) is 0.145. The van der Waals surface area contributed by atoms with Crippen LogP contribution in [0.3, 0.4) is 0 Å². The molecule has 146 valence electrons. The third kappa shape index (κ3) is 49.5. The fraction of sp³-hybridized carbons (Fsp3) is 1.00. The van der Waals surface area contributed by atoms with Gasteiger partial charge >= 0.3 is 40.0 Å². The molecule has 0 aliphatic heterocycles. The summed E-state index contributed by atoms with van der Waals surface area (Å²) in [7, 11) is -4.67. The maximum absolute atomic E-state index is 8.74. The van der Waals surface area contributed by atoms with E-state index in [-0.39, 0.29) is 41.5 Å². The van der Waals surface area contributed by atoms with Crippen molar-refractivity contribution >= 4 is 40.0 Å². The molecule has 7 N–H and O–H groups in total. The SMILES string of the molecule is CCCCCCCCCCCCCC(O)(O)O.O.O=S(=O)(O)O.[NaH]. The molecule has 0 aromatic rings. The first-order valence-electron chi connectivity index (χ1n) is 7.93. The van der Waals surface area contributed by atoms with Crippen LogP contribution in [0.15, 0.2) is 0 Å². The van der Waals surface area contributed by atoms with Crippen LogP contribution in [-0.4, -0.2) is 73.8 Å². The van der Waals surface area contributed by atoms with Gasteiger partial charge in [-0.05, 0) is 6.42 Å². The number of unbranched alkanes of at least 4 members (excludes halogenated alkanes) is 10. The van der Waals surface area contributed by atoms with Gasteiger partial charge in [-0.25, -0.2) is 0 Å². The van der Waals surface area contributed by atoms with E-state index in [4.69, 9.17) is 32.8 Å². The molecule has 0 aliphatic carbocycles. The molecule has 0 saturated heterocycles. The second-order valence-electron chi connectivity index (χ2n) is 5.51. The van der Waals surface area contributed by atoms with Gasteiger partial charge in [0, 0.05) is 6.42 Å². The van der Waals surface area contributed by atoms with Crippen LogP contribution in [0, 0.1) is 0 Å². The van der Waals surface area contributed by atoms with Gasteiger partial charge in [0.15, 0.2) is 0 Å². The standard InChI is InChI=1S/C14H30O3.Na.H2O4S.H2O.H/c1-2-3-4-5-6-7-8-9-10-11-12-13-14(15,16)17;;1-5(2,3)4;;/h15-17H,2-13H2,1H3;;(H2,1,2,3,4);1H2;. The molecule has 0 aromatic heterocycles. The predicted octanol–water partition coefficient (Wildman–Crippen LogP) is 1.19. The third-order valence-electron chi connectivity index (χ3n) is 3.12. The van der Waals surface area contributed by atoms with Crippen LogP contribution in [-0.2, 0) is 10.4 Å². The summed E-state index contributed by atoms with van der Waals surface area (Å²) >= 11 is 0. The number of hydrogen-bond acceptors (Lipinski definition) is 5. The van der Waals surface area contributed by atoms with Crippen molar-refractivity contribution < 1.29 is 38.3 Å². The summed E-state index contributed by atoms with van der Waals surface area (Å²) in [6, 6.07) is 0. The molecular formula is C14H35NaO8S. The van der Waals surface area contributed by atoms with E-state index in [9.17, 15) is 0 Å². The molecule has 10 heteroatoms. The first kappa shape index (κ1) is 32.4. The Morgan fingerprint density at radius 2 is 0.958 bits per heavy atom. The van der Waals surface area contributed by atoms with E-state index in [0.717, 1.165) is 12.8 Å². The normalized spacial score (nSPS) is 10.9. The van der Waals surface area contributed by atoms with E-state index in [2.05, 4.69) is 6.92 Å². The molecule has 0 radical (unpaired) electrons. The van der Waals surface area contributed by atoms with Gasteiger partial charge in [-0.15, -0.1) is 0 Å². The van der Waals surface area contributed by atoms with Crippen molar-refractivity contribution in [1.82, 2.24) is 0 Å². The van der Waals surface area contributed by atoms with Crippen molar-refractivity contribution in [2.24, 2.45) is 0 Å². The average Bonchev–Trinajstić information content (AvgIpc) is 2.32. The number of aliphatic hydroxyl groups is 3. The second kappa shape index (κ2) is 20.0. The van der Waals surface area contributed by atoms with Gasteiger partial charge < -0.3 is 20.8 Å². The Balaban J connectivity index is -0.000000250. The number of rotatable bonds is 12. The van der Waals surface area contributed by atoms with E-state index in [1.165, 1.54) is 51.4 Å². The molecule has 0 spiro atoms. The molecule has 8 nitrogen and oxygen atoms in total. The molecule has 0 bridgehead atoms. The first-order valence-corrected chi connectivity index (χ1v) is 9.33. The van der Waals surface area contributed by atoms with Gasteiger partial charge in [-0.1, -0.05) is 71.1 Å². The molecule has 0 rings (SSSR count). The number of hydrogen-bond donors (Lipinski definition) is 5. The molecule has 0 amide bonds. The summed E-state index contributed by atoms with van der Waals surface area (Å²) in [5.74, 6) is -2.46. The fourth-order valence-electron chi connectivity index (χ4n) is 2.03. The van der Waals surface area contributed by atoms with Crippen molar-refractivity contribution in [2.45, 2.75) is 89.9 Å². The molecule has 0 unspecified atom stereocenters.